The summed E-state index contributed by atoms with van der Waals surface area (Å²) < 4.78 is 0. The van der Waals surface area contributed by atoms with Gasteiger partial charge in [0.15, 0.2) is 16.5 Å². The second kappa shape index (κ2) is 10.1. The average molecular weight is 475 g/mol. The molecule has 3 heterocycles. The molecule has 0 aliphatic heterocycles. The Morgan fingerprint density at radius 1 is 1.06 bits per heavy atom. The van der Waals surface area contributed by atoms with Crippen LogP contribution in [0.25, 0.3) is 22.3 Å². The van der Waals surface area contributed by atoms with Gasteiger partial charge in [-0.1, -0.05) is 68.8 Å². The van der Waals surface area contributed by atoms with Crippen LogP contribution in [0.1, 0.15) is 56.7 Å². The van der Waals surface area contributed by atoms with E-state index in [1.807, 2.05) is 24.4 Å². The molecular formula is C26H30N6OS. The molecule has 0 radical (unpaired) electrons. The van der Waals surface area contributed by atoms with Gasteiger partial charge in [0, 0.05) is 23.6 Å². The van der Waals surface area contributed by atoms with E-state index in [0.29, 0.717) is 11.7 Å². The molecule has 0 bridgehead atoms. The smallest absolute Gasteiger partial charge is 0.190 e. The molecule has 3 aromatic heterocycles. The number of H-pyrrole nitrogens is 1. The minimum absolute atomic E-state index is 0.132. The van der Waals surface area contributed by atoms with Crippen molar-refractivity contribution < 1.29 is 5.11 Å². The molecule has 34 heavy (non-hydrogen) atoms. The summed E-state index contributed by atoms with van der Waals surface area (Å²) in [7, 11) is 0. The van der Waals surface area contributed by atoms with Gasteiger partial charge in [-0.15, -0.1) is 0 Å². The zero-order valence-electron chi connectivity index (χ0n) is 19.5. The highest BCUT2D eigenvalue weighted by Gasteiger charge is 2.26. The number of nitrogens with one attached hydrogen (secondary N) is 2. The Labute approximate surface area is 203 Å². The molecule has 3 N–H and O–H groups in total. The summed E-state index contributed by atoms with van der Waals surface area (Å²) in [6.07, 6.45) is 5.57. The van der Waals surface area contributed by atoms with Gasteiger partial charge in [0.25, 0.3) is 0 Å². The largest absolute Gasteiger partial charge is 0.392 e. The number of thioether (sulfide) groups is 1. The number of aliphatic hydroxyl groups excluding tert-OH is 1. The van der Waals surface area contributed by atoms with Gasteiger partial charge in [-0.3, -0.25) is 10.1 Å². The van der Waals surface area contributed by atoms with Crippen LogP contribution in [-0.2, 0) is 6.54 Å². The zero-order valence-corrected chi connectivity index (χ0v) is 20.3. The predicted octanol–water partition coefficient (Wildman–Crippen LogP) is 5.55. The minimum atomic E-state index is -0.305. The zero-order chi connectivity index (χ0) is 23.5. The van der Waals surface area contributed by atoms with Crippen LogP contribution in [0.2, 0.25) is 0 Å². The number of aromatic nitrogens is 5. The van der Waals surface area contributed by atoms with Gasteiger partial charge in [0.1, 0.15) is 5.52 Å². The van der Waals surface area contributed by atoms with Crippen molar-refractivity contribution in [3.05, 3.63) is 59.9 Å². The van der Waals surface area contributed by atoms with Gasteiger partial charge >= 0.3 is 0 Å². The van der Waals surface area contributed by atoms with Crippen molar-refractivity contribution in [2.45, 2.75) is 68.5 Å². The Kier molecular flexibility index (Phi) is 6.78. The van der Waals surface area contributed by atoms with E-state index in [1.54, 1.807) is 11.8 Å². The summed E-state index contributed by atoms with van der Waals surface area (Å²) in [4.78, 5) is 14.1. The molecule has 1 fully saturated rings. The number of aliphatic hydroxyl groups is 1. The number of fused-ring (bicyclic) bond motifs is 1. The molecule has 8 heteroatoms. The second-order valence-corrected chi connectivity index (χ2v) is 10.3. The van der Waals surface area contributed by atoms with Crippen LogP contribution in [-0.4, -0.2) is 41.6 Å². The third-order valence-electron chi connectivity index (χ3n) is 6.28. The quantitative estimate of drug-likeness (QED) is 0.302. The highest BCUT2D eigenvalue weighted by Crippen LogP contribution is 2.35. The molecule has 5 rings (SSSR count). The first-order valence-corrected chi connectivity index (χ1v) is 12.8. The Hall–Kier alpha value is -2.97. The van der Waals surface area contributed by atoms with E-state index < -0.39 is 0 Å². The highest BCUT2D eigenvalue weighted by molar-refractivity contribution is 7.99. The van der Waals surface area contributed by atoms with Crippen molar-refractivity contribution in [2.24, 2.45) is 0 Å². The number of anilines is 1. The van der Waals surface area contributed by atoms with E-state index in [9.17, 15) is 5.11 Å². The van der Waals surface area contributed by atoms with E-state index in [1.165, 1.54) is 0 Å². The molecule has 2 atom stereocenters. The van der Waals surface area contributed by atoms with Crippen molar-refractivity contribution in [3.8, 4) is 11.3 Å². The number of pyridine rings is 1. The van der Waals surface area contributed by atoms with Crippen molar-refractivity contribution in [3.63, 3.8) is 0 Å². The molecule has 1 aromatic carbocycles. The van der Waals surface area contributed by atoms with Crippen LogP contribution in [0.3, 0.4) is 0 Å². The molecule has 1 aliphatic carbocycles. The number of hydrogen-bond acceptors (Lipinski definition) is 7. The monoisotopic (exact) mass is 474 g/mol. The fraction of sp³-hybridized carbons (Fsp3) is 0.385. The number of aromatic amines is 1. The Bertz CT molecular complexity index is 1240. The van der Waals surface area contributed by atoms with Crippen LogP contribution in [0.4, 0.5) is 5.82 Å². The van der Waals surface area contributed by atoms with Crippen molar-refractivity contribution in [1.82, 2.24) is 25.1 Å². The predicted molar refractivity (Wildman–Crippen MR) is 137 cm³/mol. The van der Waals surface area contributed by atoms with Gasteiger partial charge in [-0.05, 0) is 36.5 Å². The SMILES string of the molecule is CC(C)c1[nH]nc2c(NCc3ccc(-c4ccccn4)cc3)nc(SC3CCCCC3O)nc12. The first kappa shape index (κ1) is 22.8. The third-order valence-corrected chi connectivity index (χ3v) is 7.53. The average Bonchev–Trinajstić information content (AvgIpc) is 3.29. The van der Waals surface area contributed by atoms with Crippen molar-refractivity contribution in [1.29, 1.82) is 0 Å². The van der Waals surface area contributed by atoms with E-state index >= 15 is 0 Å². The van der Waals surface area contributed by atoms with Gasteiger partial charge in [0.2, 0.25) is 0 Å². The molecule has 176 valence electrons. The van der Waals surface area contributed by atoms with Crippen LogP contribution < -0.4 is 5.32 Å². The van der Waals surface area contributed by atoms with E-state index in [0.717, 1.165) is 65.0 Å². The molecule has 7 nitrogen and oxygen atoms in total. The van der Waals surface area contributed by atoms with Crippen molar-refractivity contribution >= 4 is 28.6 Å². The topological polar surface area (TPSA) is 99.6 Å². The standard InChI is InChI=1S/C26H30N6OS/c1-16(2)22-23-24(32-31-22)25(30-26(29-23)34-21-9-4-3-8-20(21)33)28-15-17-10-12-18(13-11-17)19-7-5-6-14-27-19/h5-7,10-14,16,20-21,33H,3-4,8-9,15H2,1-2H3,(H,31,32)(H,28,29,30). The summed E-state index contributed by atoms with van der Waals surface area (Å²) in [6.45, 7) is 4.88. The van der Waals surface area contributed by atoms with E-state index in [-0.39, 0.29) is 17.3 Å². The fourth-order valence-corrected chi connectivity index (χ4v) is 5.47. The molecule has 4 aromatic rings. The molecule has 0 amide bonds. The Morgan fingerprint density at radius 3 is 2.62 bits per heavy atom. The summed E-state index contributed by atoms with van der Waals surface area (Å²) in [5.41, 5.74) is 5.80. The van der Waals surface area contributed by atoms with E-state index in [2.05, 4.69) is 58.6 Å². The number of hydrogen-bond donors (Lipinski definition) is 3. The summed E-state index contributed by atoms with van der Waals surface area (Å²) in [5, 5.41) is 22.4. The third kappa shape index (κ3) is 4.93. The molecular weight excluding hydrogens is 444 g/mol. The molecule has 1 saturated carbocycles. The van der Waals surface area contributed by atoms with Crippen LogP contribution in [0.5, 0.6) is 0 Å². The lowest BCUT2D eigenvalue weighted by molar-refractivity contribution is 0.137. The van der Waals surface area contributed by atoms with Gasteiger partial charge in [-0.2, -0.15) is 5.10 Å². The van der Waals surface area contributed by atoms with Crippen molar-refractivity contribution in [2.75, 3.05) is 5.32 Å². The van der Waals surface area contributed by atoms with Crippen LogP contribution >= 0.6 is 11.8 Å². The second-order valence-electron chi connectivity index (χ2n) is 9.12. The molecule has 1 aliphatic rings. The van der Waals surface area contributed by atoms with Crippen LogP contribution in [0.15, 0.2) is 53.8 Å². The minimum Gasteiger partial charge on any atom is -0.392 e. The maximum Gasteiger partial charge on any atom is 0.190 e. The summed E-state index contributed by atoms with van der Waals surface area (Å²) in [6, 6.07) is 14.3. The Morgan fingerprint density at radius 2 is 1.88 bits per heavy atom. The number of benzene rings is 1. The summed E-state index contributed by atoms with van der Waals surface area (Å²) >= 11 is 1.59. The maximum atomic E-state index is 10.5. The maximum absolute atomic E-state index is 10.5. The lowest BCUT2D eigenvalue weighted by Gasteiger charge is -2.26. The number of nitrogens with zero attached hydrogens (tertiary/aromatic N) is 4. The first-order valence-electron chi connectivity index (χ1n) is 11.9. The summed E-state index contributed by atoms with van der Waals surface area (Å²) in [5.74, 6) is 0.986. The van der Waals surface area contributed by atoms with E-state index in [4.69, 9.17) is 9.97 Å². The molecule has 0 spiro atoms. The highest BCUT2D eigenvalue weighted by atomic mass is 32.2. The van der Waals surface area contributed by atoms with Gasteiger partial charge in [0.05, 0.1) is 17.5 Å². The first-order chi connectivity index (χ1) is 16.6. The number of rotatable bonds is 7. The lowest BCUT2D eigenvalue weighted by atomic mass is 9.97. The van der Waals surface area contributed by atoms with Gasteiger partial charge < -0.3 is 10.4 Å². The Balaban J connectivity index is 1.39. The molecule has 0 saturated heterocycles. The lowest BCUT2D eigenvalue weighted by Crippen LogP contribution is -2.27. The fourth-order valence-electron chi connectivity index (χ4n) is 4.34. The normalized spacial score (nSPS) is 18.5. The molecule has 2 unspecified atom stereocenters. The van der Waals surface area contributed by atoms with Crippen LogP contribution in [0, 0.1) is 0 Å². The van der Waals surface area contributed by atoms with Gasteiger partial charge in [-0.25, -0.2) is 9.97 Å².